The monoisotopic (exact) mass is 273 g/mol. The molecule has 0 aliphatic carbocycles. The Morgan fingerprint density at radius 1 is 1.25 bits per heavy atom. The molecule has 3 rings (SSSR count). The van der Waals surface area contributed by atoms with E-state index in [-0.39, 0.29) is 11.9 Å². The van der Waals surface area contributed by atoms with E-state index in [0.29, 0.717) is 12.1 Å². The smallest absolute Gasteiger partial charge is 0.241 e. The number of benzene rings is 1. The Bertz CT molecular complexity index is 502. The molecule has 0 bridgehead atoms. The number of para-hydroxylation sites is 1. The van der Waals surface area contributed by atoms with Crippen molar-refractivity contribution in [2.24, 2.45) is 0 Å². The first-order valence-electron chi connectivity index (χ1n) is 7.53. The molecule has 1 aromatic carbocycles. The van der Waals surface area contributed by atoms with Gasteiger partial charge in [0.15, 0.2) is 0 Å². The minimum Gasteiger partial charge on any atom is -0.324 e. The van der Waals surface area contributed by atoms with Gasteiger partial charge in [0.2, 0.25) is 5.91 Å². The minimum absolute atomic E-state index is 0.0121. The summed E-state index contributed by atoms with van der Waals surface area (Å²) in [6, 6.07) is 8.98. The van der Waals surface area contributed by atoms with Crippen LogP contribution in [0.3, 0.4) is 0 Å². The molecule has 2 heterocycles. The summed E-state index contributed by atoms with van der Waals surface area (Å²) in [6.45, 7) is 6.28. The number of nitrogens with one attached hydrogen (secondary N) is 2. The van der Waals surface area contributed by atoms with Crippen molar-refractivity contribution < 1.29 is 4.79 Å². The molecule has 108 valence electrons. The predicted octanol–water partition coefficient (Wildman–Crippen LogP) is 1.62. The summed E-state index contributed by atoms with van der Waals surface area (Å²) in [5, 5.41) is 6.58. The van der Waals surface area contributed by atoms with Gasteiger partial charge >= 0.3 is 0 Å². The Morgan fingerprint density at radius 2 is 2.05 bits per heavy atom. The molecule has 2 N–H and O–H groups in total. The molecular formula is C16H23N3O. The van der Waals surface area contributed by atoms with Crippen LogP contribution in [0.25, 0.3) is 0 Å². The molecule has 2 aliphatic rings. The number of carbonyl (C=O) groups excluding carboxylic acids is 1. The van der Waals surface area contributed by atoms with Gasteiger partial charge in [-0.1, -0.05) is 18.2 Å². The van der Waals surface area contributed by atoms with E-state index in [0.717, 1.165) is 31.6 Å². The molecule has 4 heteroatoms. The van der Waals surface area contributed by atoms with Crippen molar-refractivity contribution in [2.45, 2.75) is 44.8 Å². The van der Waals surface area contributed by atoms with Gasteiger partial charge in [-0.25, -0.2) is 0 Å². The van der Waals surface area contributed by atoms with Gasteiger partial charge in [-0.05, 0) is 38.3 Å². The third-order valence-electron chi connectivity index (χ3n) is 4.48. The summed E-state index contributed by atoms with van der Waals surface area (Å²) in [6.07, 6.45) is 1.87. The summed E-state index contributed by atoms with van der Waals surface area (Å²) < 4.78 is 0. The van der Waals surface area contributed by atoms with Crippen LogP contribution < -0.4 is 10.6 Å². The van der Waals surface area contributed by atoms with E-state index in [1.807, 2.05) is 18.2 Å². The van der Waals surface area contributed by atoms with Crippen LogP contribution in [-0.4, -0.2) is 42.0 Å². The average molecular weight is 273 g/mol. The molecule has 1 aromatic rings. The van der Waals surface area contributed by atoms with Crippen LogP contribution in [0.5, 0.6) is 0 Å². The van der Waals surface area contributed by atoms with Crippen LogP contribution in [0.1, 0.15) is 25.8 Å². The normalized spacial score (nSPS) is 31.3. The Hall–Kier alpha value is -1.39. The highest BCUT2D eigenvalue weighted by Crippen LogP contribution is 2.25. The van der Waals surface area contributed by atoms with Crippen LogP contribution in [-0.2, 0) is 11.2 Å². The third-order valence-corrected chi connectivity index (χ3v) is 4.48. The zero-order chi connectivity index (χ0) is 14.1. The number of rotatable bonds is 1. The molecule has 0 saturated carbocycles. The predicted molar refractivity (Wildman–Crippen MR) is 80.8 cm³/mol. The van der Waals surface area contributed by atoms with Crippen molar-refractivity contribution in [2.75, 3.05) is 18.4 Å². The lowest BCUT2D eigenvalue weighted by Gasteiger charge is -2.41. The Balaban J connectivity index is 1.80. The standard InChI is InChI=1S/C16H23N3O/c1-11-10-19(12(2)9-17-11)15-8-7-13-5-3-4-6-14(13)18-16(15)20/h3-6,11-12,15,17H,7-10H2,1-2H3,(H,18,20). The van der Waals surface area contributed by atoms with E-state index in [9.17, 15) is 4.79 Å². The number of hydrogen-bond acceptors (Lipinski definition) is 3. The second-order valence-electron chi connectivity index (χ2n) is 6.06. The first kappa shape index (κ1) is 13.6. The highest BCUT2D eigenvalue weighted by Gasteiger charge is 2.34. The van der Waals surface area contributed by atoms with Crippen molar-refractivity contribution in [1.29, 1.82) is 0 Å². The average Bonchev–Trinajstić information content (AvgIpc) is 2.60. The quantitative estimate of drug-likeness (QED) is 0.817. The summed E-state index contributed by atoms with van der Waals surface area (Å²) in [4.78, 5) is 14.9. The van der Waals surface area contributed by atoms with Gasteiger partial charge in [-0.2, -0.15) is 0 Å². The number of hydrogen-bond donors (Lipinski definition) is 2. The molecule has 20 heavy (non-hydrogen) atoms. The number of anilines is 1. The van der Waals surface area contributed by atoms with Crippen molar-refractivity contribution in [1.82, 2.24) is 10.2 Å². The molecule has 3 unspecified atom stereocenters. The zero-order valence-electron chi connectivity index (χ0n) is 12.2. The lowest BCUT2D eigenvalue weighted by atomic mass is 10.0. The topological polar surface area (TPSA) is 44.4 Å². The van der Waals surface area contributed by atoms with E-state index in [4.69, 9.17) is 0 Å². The SMILES string of the molecule is CC1CN(C2CCc3ccccc3NC2=O)C(C)CN1. The second-order valence-corrected chi connectivity index (χ2v) is 6.06. The Kier molecular flexibility index (Phi) is 3.76. The van der Waals surface area contributed by atoms with Crippen molar-refractivity contribution in [3.63, 3.8) is 0 Å². The van der Waals surface area contributed by atoms with Crippen LogP contribution >= 0.6 is 0 Å². The van der Waals surface area contributed by atoms with E-state index < -0.39 is 0 Å². The van der Waals surface area contributed by atoms with Crippen molar-refractivity contribution in [3.8, 4) is 0 Å². The van der Waals surface area contributed by atoms with E-state index >= 15 is 0 Å². The van der Waals surface area contributed by atoms with Crippen LogP contribution in [0, 0.1) is 0 Å². The third kappa shape index (κ3) is 2.58. The molecule has 0 radical (unpaired) electrons. The fraction of sp³-hybridized carbons (Fsp3) is 0.562. The van der Waals surface area contributed by atoms with Gasteiger partial charge in [-0.15, -0.1) is 0 Å². The van der Waals surface area contributed by atoms with Crippen LogP contribution in [0.15, 0.2) is 24.3 Å². The maximum absolute atomic E-state index is 12.6. The molecule has 1 amide bonds. The summed E-state index contributed by atoms with van der Waals surface area (Å²) in [5.41, 5.74) is 2.23. The lowest BCUT2D eigenvalue weighted by molar-refractivity contribution is -0.122. The molecule has 4 nitrogen and oxygen atoms in total. The lowest BCUT2D eigenvalue weighted by Crippen LogP contribution is -2.59. The van der Waals surface area contributed by atoms with Gasteiger partial charge in [0.05, 0.1) is 6.04 Å². The van der Waals surface area contributed by atoms with Gasteiger partial charge in [0.1, 0.15) is 0 Å². The number of nitrogens with zero attached hydrogens (tertiary/aromatic N) is 1. The minimum atomic E-state index is -0.0121. The Labute approximate surface area is 120 Å². The van der Waals surface area contributed by atoms with E-state index in [1.54, 1.807) is 0 Å². The molecule has 0 aromatic heterocycles. The molecule has 1 saturated heterocycles. The largest absolute Gasteiger partial charge is 0.324 e. The number of aryl methyl sites for hydroxylation is 1. The number of amides is 1. The van der Waals surface area contributed by atoms with E-state index in [2.05, 4.69) is 35.4 Å². The maximum atomic E-state index is 12.6. The molecule has 0 spiro atoms. The van der Waals surface area contributed by atoms with Crippen molar-refractivity contribution >= 4 is 11.6 Å². The molecule has 3 atom stereocenters. The molecule has 1 fully saturated rings. The van der Waals surface area contributed by atoms with Gasteiger partial charge in [0.25, 0.3) is 0 Å². The Morgan fingerprint density at radius 3 is 2.90 bits per heavy atom. The first-order valence-corrected chi connectivity index (χ1v) is 7.53. The fourth-order valence-corrected chi connectivity index (χ4v) is 3.30. The number of piperazine rings is 1. The number of fused-ring (bicyclic) bond motifs is 1. The fourth-order valence-electron chi connectivity index (χ4n) is 3.30. The highest BCUT2D eigenvalue weighted by atomic mass is 16.2. The summed E-state index contributed by atoms with van der Waals surface area (Å²) in [7, 11) is 0. The maximum Gasteiger partial charge on any atom is 0.241 e. The van der Waals surface area contributed by atoms with Gasteiger partial charge < -0.3 is 10.6 Å². The zero-order valence-corrected chi connectivity index (χ0v) is 12.2. The van der Waals surface area contributed by atoms with Gasteiger partial charge in [-0.3, -0.25) is 9.69 Å². The highest BCUT2D eigenvalue weighted by molar-refractivity contribution is 5.96. The number of carbonyl (C=O) groups is 1. The first-order chi connectivity index (χ1) is 9.65. The van der Waals surface area contributed by atoms with Crippen LogP contribution in [0.2, 0.25) is 0 Å². The van der Waals surface area contributed by atoms with Crippen molar-refractivity contribution in [3.05, 3.63) is 29.8 Å². The molecular weight excluding hydrogens is 250 g/mol. The second kappa shape index (κ2) is 5.54. The summed E-state index contributed by atoms with van der Waals surface area (Å²) in [5.74, 6) is 0.149. The van der Waals surface area contributed by atoms with E-state index in [1.165, 1.54) is 5.56 Å². The van der Waals surface area contributed by atoms with Gasteiger partial charge in [0, 0.05) is 30.9 Å². The van der Waals surface area contributed by atoms with Crippen LogP contribution in [0.4, 0.5) is 5.69 Å². The summed E-state index contributed by atoms with van der Waals surface area (Å²) >= 11 is 0. The molecule has 2 aliphatic heterocycles.